The van der Waals surface area contributed by atoms with E-state index in [0.29, 0.717) is 12.3 Å². The maximum atomic E-state index is 12.9. The summed E-state index contributed by atoms with van der Waals surface area (Å²) in [7, 11) is 0. The zero-order chi connectivity index (χ0) is 16.9. The predicted molar refractivity (Wildman–Crippen MR) is 98.1 cm³/mol. The Balaban J connectivity index is 2.37. The van der Waals surface area contributed by atoms with Gasteiger partial charge in [0.1, 0.15) is 17.7 Å². The van der Waals surface area contributed by atoms with Crippen LogP contribution in [0.1, 0.15) is 26.7 Å². The van der Waals surface area contributed by atoms with Gasteiger partial charge < -0.3 is 15.4 Å². The van der Waals surface area contributed by atoms with Gasteiger partial charge in [0.2, 0.25) is 0 Å². The molecule has 0 amide bonds. The minimum Gasteiger partial charge on any atom is -0.489 e. The second-order valence-corrected chi connectivity index (χ2v) is 6.21. The average molecular weight is 341 g/mol. The van der Waals surface area contributed by atoms with E-state index in [1.165, 1.54) is 24.3 Å². The molecule has 0 aliphatic heterocycles. The van der Waals surface area contributed by atoms with Crippen molar-refractivity contribution in [2.75, 3.05) is 31.6 Å². The quantitative estimate of drug-likeness (QED) is 0.389. The minimum absolute atomic E-state index is 0.0765. The molecule has 1 unspecified atom stereocenters. The summed E-state index contributed by atoms with van der Waals surface area (Å²) in [6.07, 6.45) is 4.39. The molecule has 1 atom stereocenters. The third-order valence-corrected chi connectivity index (χ3v) is 3.77. The molecule has 1 aromatic rings. The van der Waals surface area contributed by atoms with E-state index in [2.05, 4.69) is 21.9 Å². The average Bonchev–Trinajstić information content (AvgIpc) is 2.54. The van der Waals surface area contributed by atoms with Gasteiger partial charge in [-0.1, -0.05) is 0 Å². The number of guanidine groups is 1. The maximum absolute atomic E-state index is 12.9. The van der Waals surface area contributed by atoms with Crippen LogP contribution in [0.2, 0.25) is 0 Å². The molecule has 23 heavy (non-hydrogen) atoms. The first-order chi connectivity index (χ1) is 11.2. The van der Waals surface area contributed by atoms with Crippen LogP contribution in [0, 0.1) is 5.82 Å². The number of nitrogens with zero attached hydrogens (tertiary/aromatic N) is 1. The molecule has 1 aromatic carbocycles. The van der Waals surface area contributed by atoms with Gasteiger partial charge >= 0.3 is 0 Å². The lowest BCUT2D eigenvalue weighted by Gasteiger charge is -2.15. The molecular weight excluding hydrogens is 313 g/mol. The van der Waals surface area contributed by atoms with Crippen molar-refractivity contribution in [2.45, 2.75) is 32.8 Å². The number of thioether (sulfide) groups is 1. The third kappa shape index (κ3) is 9.33. The molecule has 0 heterocycles. The van der Waals surface area contributed by atoms with Crippen molar-refractivity contribution in [3.05, 3.63) is 30.1 Å². The normalized spacial score (nSPS) is 12.8. The maximum Gasteiger partial charge on any atom is 0.191 e. The highest BCUT2D eigenvalue weighted by molar-refractivity contribution is 7.98. The van der Waals surface area contributed by atoms with Crippen LogP contribution < -0.4 is 15.4 Å². The van der Waals surface area contributed by atoms with E-state index >= 15 is 0 Å². The Kier molecular flexibility index (Phi) is 10.3. The van der Waals surface area contributed by atoms with E-state index in [0.717, 1.165) is 25.5 Å². The summed E-state index contributed by atoms with van der Waals surface area (Å²) in [5.41, 5.74) is 0. The van der Waals surface area contributed by atoms with Crippen molar-refractivity contribution in [1.82, 2.24) is 10.6 Å². The minimum atomic E-state index is -0.261. The van der Waals surface area contributed by atoms with Crippen LogP contribution >= 0.6 is 11.8 Å². The summed E-state index contributed by atoms with van der Waals surface area (Å²) in [6.45, 7) is 6.28. The van der Waals surface area contributed by atoms with Crippen molar-refractivity contribution in [2.24, 2.45) is 4.99 Å². The Labute approximate surface area is 143 Å². The van der Waals surface area contributed by atoms with Crippen molar-refractivity contribution in [3.8, 4) is 5.75 Å². The van der Waals surface area contributed by atoms with Gasteiger partial charge in [-0.05, 0) is 63.0 Å². The molecule has 4 nitrogen and oxygen atoms in total. The second-order valence-electron chi connectivity index (χ2n) is 5.23. The van der Waals surface area contributed by atoms with Crippen molar-refractivity contribution < 1.29 is 9.13 Å². The van der Waals surface area contributed by atoms with Gasteiger partial charge in [-0.3, -0.25) is 0 Å². The van der Waals surface area contributed by atoms with Gasteiger partial charge in [-0.2, -0.15) is 11.8 Å². The van der Waals surface area contributed by atoms with Crippen LogP contribution in [0.15, 0.2) is 29.3 Å². The summed E-state index contributed by atoms with van der Waals surface area (Å²) in [5.74, 6) is 2.40. The highest BCUT2D eigenvalue weighted by atomic mass is 32.2. The molecule has 0 aliphatic carbocycles. The fourth-order valence-corrected chi connectivity index (χ4v) is 2.42. The van der Waals surface area contributed by atoms with E-state index in [1.807, 2.05) is 25.6 Å². The fraction of sp³-hybridized carbons (Fsp3) is 0.588. The van der Waals surface area contributed by atoms with Gasteiger partial charge in [0.25, 0.3) is 0 Å². The molecule has 0 saturated carbocycles. The van der Waals surface area contributed by atoms with Crippen molar-refractivity contribution in [3.63, 3.8) is 0 Å². The third-order valence-electron chi connectivity index (χ3n) is 3.07. The van der Waals surface area contributed by atoms with Crippen LogP contribution in [0.3, 0.4) is 0 Å². The van der Waals surface area contributed by atoms with Gasteiger partial charge in [0, 0.05) is 13.1 Å². The molecule has 6 heteroatoms. The largest absolute Gasteiger partial charge is 0.489 e. The summed E-state index contributed by atoms with van der Waals surface area (Å²) in [5, 5.41) is 6.56. The number of nitrogens with one attached hydrogen (secondary N) is 2. The number of hydrogen-bond acceptors (Lipinski definition) is 3. The summed E-state index contributed by atoms with van der Waals surface area (Å²) in [4.78, 5) is 4.54. The summed E-state index contributed by atoms with van der Waals surface area (Å²) >= 11 is 1.87. The first-order valence-corrected chi connectivity index (χ1v) is 9.48. The Hall–Kier alpha value is -1.43. The lowest BCUT2D eigenvalue weighted by atomic mass is 10.3. The molecule has 0 spiro atoms. The number of ether oxygens (including phenoxy) is 1. The molecule has 0 aliphatic rings. The van der Waals surface area contributed by atoms with Gasteiger partial charge in [0.05, 0.1) is 6.54 Å². The van der Waals surface area contributed by atoms with E-state index in [-0.39, 0.29) is 11.9 Å². The molecule has 0 saturated heterocycles. The molecule has 0 aromatic heterocycles. The standard InChI is InChI=1S/C17H28FN3OS/c1-4-19-17(20-11-5-6-12-23-3)21-13-14(2)22-16-9-7-15(18)8-10-16/h7-10,14H,4-6,11-13H2,1-3H3,(H2,19,20,21). The summed E-state index contributed by atoms with van der Waals surface area (Å²) < 4.78 is 18.6. The highest BCUT2D eigenvalue weighted by Gasteiger charge is 2.05. The highest BCUT2D eigenvalue weighted by Crippen LogP contribution is 2.13. The Morgan fingerprint density at radius 3 is 2.65 bits per heavy atom. The van der Waals surface area contributed by atoms with Crippen LogP contribution in [-0.2, 0) is 0 Å². The number of unbranched alkanes of at least 4 members (excludes halogenated alkanes) is 1. The smallest absolute Gasteiger partial charge is 0.191 e. The van der Waals surface area contributed by atoms with Gasteiger partial charge in [-0.25, -0.2) is 9.38 Å². The van der Waals surface area contributed by atoms with Crippen molar-refractivity contribution >= 4 is 17.7 Å². The van der Waals surface area contributed by atoms with Crippen LogP contribution in [0.4, 0.5) is 4.39 Å². The summed E-state index contributed by atoms with van der Waals surface area (Å²) in [6, 6.07) is 6.05. The first kappa shape index (κ1) is 19.6. The molecule has 1 rings (SSSR count). The van der Waals surface area contributed by atoms with Crippen molar-refractivity contribution in [1.29, 1.82) is 0 Å². The lowest BCUT2D eigenvalue weighted by Crippen LogP contribution is -2.38. The molecule has 0 radical (unpaired) electrons. The van der Waals surface area contributed by atoms with E-state index in [9.17, 15) is 4.39 Å². The Morgan fingerprint density at radius 2 is 2.00 bits per heavy atom. The monoisotopic (exact) mass is 341 g/mol. The Bertz CT molecular complexity index is 454. The first-order valence-electron chi connectivity index (χ1n) is 8.09. The second kappa shape index (κ2) is 12.0. The molecule has 130 valence electrons. The lowest BCUT2D eigenvalue weighted by molar-refractivity contribution is 0.230. The molecular formula is C17H28FN3OS. The predicted octanol–water partition coefficient (Wildman–Crippen LogP) is 3.29. The zero-order valence-corrected chi connectivity index (χ0v) is 15.1. The number of halogens is 1. The molecule has 0 fully saturated rings. The number of rotatable bonds is 10. The number of hydrogen-bond donors (Lipinski definition) is 2. The van der Waals surface area contributed by atoms with E-state index in [1.54, 1.807) is 12.1 Å². The van der Waals surface area contributed by atoms with Gasteiger partial charge in [-0.15, -0.1) is 0 Å². The zero-order valence-electron chi connectivity index (χ0n) is 14.3. The SMILES string of the molecule is CCNC(=NCC(C)Oc1ccc(F)cc1)NCCCCSC. The number of benzene rings is 1. The topological polar surface area (TPSA) is 45.7 Å². The van der Waals surface area contributed by atoms with E-state index < -0.39 is 0 Å². The van der Waals surface area contributed by atoms with E-state index in [4.69, 9.17) is 4.74 Å². The van der Waals surface area contributed by atoms with Crippen LogP contribution in [0.25, 0.3) is 0 Å². The van der Waals surface area contributed by atoms with Gasteiger partial charge in [0.15, 0.2) is 5.96 Å². The fourth-order valence-electron chi connectivity index (χ4n) is 1.92. The Morgan fingerprint density at radius 1 is 1.26 bits per heavy atom. The number of aliphatic imine (C=N–C) groups is 1. The van der Waals surface area contributed by atoms with Crippen LogP contribution in [-0.4, -0.2) is 43.7 Å². The molecule has 2 N–H and O–H groups in total. The van der Waals surface area contributed by atoms with Crippen LogP contribution in [0.5, 0.6) is 5.75 Å². The molecule has 0 bridgehead atoms.